The first-order chi connectivity index (χ1) is 6.92. The van der Waals surface area contributed by atoms with Gasteiger partial charge in [0, 0.05) is 13.2 Å². The van der Waals surface area contributed by atoms with E-state index in [-0.39, 0.29) is 6.61 Å². The number of rotatable bonds is 3. The maximum Gasteiger partial charge on any atom is 0.142 e. The summed E-state index contributed by atoms with van der Waals surface area (Å²) in [5.41, 5.74) is 1.15. The van der Waals surface area contributed by atoms with E-state index in [9.17, 15) is 0 Å². The lowest BCUT2D eigenvalue weighted by atomic mass is 10.2. The van der Waals surface area contributed by atoms with Crippen LogP contribution in [0.25, 0.3) is 0 Å². The van der Waals surface area contributed by atoms with Gasteiger partial charge in [0.1, 0.15) is 12.4 Å². The highest BCUT2D eigenvalue weighted by Crippen LogP contribution is 2.30. The molecule has 0 spiro atoms. The molecule has 1 aliphatic heterocycles. The Hall–Kier alpha value is -1.22. The van der Waals surface area contributed by atoms with Crippen molar-refractivity contribution in [3.63, 3.8) is 0 Å². The van der Waals surface area contributed by atoms with Gasteiger partial charge in [-0.2, -0.15) is 0 Å². The van der Waals surface area contributed by atoms with Crippen molar-refractivity contribution in [3.8, 4) is 5.75 Å². The van der Waals surface area contributed by atoms with Crippen molar-refractivity contribution in [3.05, 3.63) is 24.3 Å². The number of anilines is 1. The first kappa shape index (κ1) is 9.34. The number of aliphatic hydroxyl groups excluding tert-OH is 1. The summed E-state index contributed by atoms with van der Waals surface area (Å²) in [7, 11) is 0. The maximum absolute atomic E-state index is 8.79. The summed E-state index contributed by atoms with van der Waals surface area (Å²) in [6.07, 6.45) is 0.814. The van der Waals surface area contributed by atoms with Crippen molar-refractivity contribution in [1.29, 1.82) is 0 Å². The molecule has 0 bridgehead atoms. The molecule has 3 nitrogen and oxygen atoms in total. The summed E-state index contributed by atoms with van der Waals surface area (Å²) in [6.45, 7) is 2.80. The third-order valence-corrected chi connectivity index (χ3v) is 2.41. The van der Waals surface area contributed by atoms with E-state index in [1.165, 1.54) is 0 Å². The van der Waals surface area contributed by atoms with Crippen LogP contribution in [0.1, 0.15) is 6.42 Å². The number of aliphatic hydroxyl groups is 1. The molecule has 1 heterocycles. The number of nitrogens with zero attached hydrogens (tertiary/aromatic N) is 1. The Morgan fingerprint density at radius 1 is 1.36 bits per heavy atom. The summed E-state index contributed by atoms with van der Waals surface area (Å²) in [5.74, 6) is 0.955. The van der Waals surface area contributed by atoms with Gasteiger partial charge in [0.2, 0.25) is 0 Å². The fourth-order valence-electron chi connectivity index (χ4n) is 1.72. The summed E-state index contributed by atoms with van der Waals surface area (Å²) in [5, 5.41) is 8.79. The van der Waals surface area contributed by atoms with E-state index in [2.05, 4.69) is 11.0 Å². The van der Waals surface area contributed by atoms with E-state index >= 15 is 0 Å². The normalized spacial score (nSPS) is 14.8. The average Bonchev–Trinajstić information content (AvgIpc) is 2.26. The molecule has 0 atom stereocenters. The minimum absolute atomic E-state index is 0.250. The van der Waals surface area contributed by atoms with Gasteiger partial charge in [-0.15, -0.1) is 0 Å². The van der Waals surface area contributed by atoms with Gasteiger partial charge in [-0.05, 0) is 18.6 Å². The monoisotopic (exact) mass is 193 g/mol. The second-order valence-corrected chi connectivity index (χ2v) is 3.38. The molecule has 2 rings (SSSR count). The molecule has 76 valence electrons. The van der Waals surface area contributed by atoms with E-state index in [1.807, 2.05) is 18.2 Å². The van der Waals surface area contributed by atoms with Gasteiger partial charge in [-0.25, -0.2) is 0 Å². The quantitative estimate of drug-likeness (QED) is 0.784. The van der Waals surface area contributed by atoms with Crippen LogP contribution < -0.4 is 9.64 Å². The van der Waals surface area contributed by atoms with Crippen LogP contribution in [0.5, 0.6) is 5.75 Å². The largest absolute Gasteiger partial charge is 0.490 e. The molecule has 0 fully saturated rings. The molecule has 0 saturated carbocycles. The standard InChI is InChI=1S/C11H15NO2/c13-8-3-6-12-7-9-14-11-5-2-1-4-10(11)12/h1-2,4-5,13H,3,6-9H2. The van der Waals surface area contributed by atoms with Crippen LogP contribution in [-0.4, -0.2) is 31.4 Å². The van der Waals surface area contributed by atoms with Gasteiger partial charge in [-0.1, -0.05) is 12.1 Å². The highest BCUT2D eigenvalue weighted by molar-refractivity contribution is 5.59. The molecule has 0 aliphatic carbocycles. The van der Waals surface area contributed by atoms with Crippen molar-refractivity contribution >= 4 is 5.69 Å². The van der Waals surface area contributed by atoms with E-state index in [4.69, 9.17) is 9.84 Å². The van der Waals surface area contributed by atoms with Crippen LogP contribution in [-0.2, 0) is 0 Å². The number of para-hydroxylation sites is 2. The molecular weight excluding hydrogens is 178 g/mol. The second-order valence-electron chi connectivity index (χ2n) is 3.38. The lowest BCUT2D eigenvalue weighted by Crippen LogP contribution is -2.33. The molecule has 0 saturated heterocycles. The van der Waals surface area contributed by atoms with Crippen LogP contribution in [0.2, 0.25) is 0 Å². The Kier molecular flexibility index (Phi) is 2.89. The van der Waals surface area contributed by atoms with Crippen molar-refractivity contribution in [1.82, 2.24) is 0 Å². The van der Waals surface area contributed by atoms with Crippen molar-refractivity contribution < 1.29 is 9.84 Å². The topological polar surface area (TPSA) is 32.7 Å². The zero-order valence-electron chi connectivity index (χ0n) is 8.15. The van der Waals surface area contributed by atoms with Crippen molar-refractivity contribution in [2.75, 3.05) is 31.2 Å². The van der Waals surface area contributed by atoms with Gasteiger partial charge in [0.25, 0.3) is 0 Å². The van der Waals surface area contributed by atoms with Crippen LogP contribution in [0.3, 0.4) is 0 Å². The van der Waals surface area contributed by atoms with Crippen LogP contribution in [0.4, 0.5) is 5.69 Å². The number of ether oxygens (including phenoxy) is 1. The molecular formula is C11H15NO2. The van der Waals surface area contributed by atoms with Crippen LogP contribution >= 0.6 is 0 Å². The summed E-state index contributed by atoms with van der Waals surface area (Å²) in [4.78, 5) is 2.26. The van der Waals surface area contributed by atoms with E-state index < -0.39 is 0 Å². The van der Waals surface area contributed by atoms with Gasteiger partial charge < -0.3 is 14.7 Å². The Bertz CT molecular complexity index is 301. The summed E-state index contributed by atoms with van der Waals surface area (Å²) >= 11 is 0. The molecule has 0 radical (unpaired) electrons. The molecule has 0 amide bonds. The van der Waals surface area contributed by atoms with E-state index in [0.29, 0.717) is 0 Å². The molecule has 1 aromatic rings. The van der Waals surface area contributed by atoms with Crippen molar-refractivity contribution in [2.45, 2.75) is 6.42 Å². The number of fused-ring (bicyclic) bond motifs is 1. The molecule has 0 unspecified atom stereocenters. The Labute approximate surface area is 83.9 Å². The molecule has 1 aromatic carbocycles. The van der Waals surface area contributed by atoms with E-state index in [1.54, 1.807) is 0 Å². The first-order valence-electron chi connectivity index (χ1n) is 4.99. The van der Waals surface area contributed by atoms with Gasteiger partial charge in [-0.3, -0.25) is 0 Å². The predicted octanol–water partition coefficient (Wildman–Crippen LogP) is 1.27. The first-order valence-corrected chi connectivity index (χ1v) is 4.99. The summed E-state index contributed by atoms with van der Waals surface area (Å²) in [6, 6.07) is 8.04. The lowest BCUT2D eigenvalue weighted by Gasteiger charge is -2.30. The van der Waals surface area contributed by atoms with Gasteiger partial charge in [0.15, 0.2) is 0 Å². The van der Waals surface area contributed by atoms with Crippen molar-refractivity contribution in [2.24, 2.45) is 0 Å². The molecule has 1 N–H and O–H groups in total. The van der Waals surface area contributed by atoms with E-state index in [0.717, 1.165) is 37.6 Å². The molecule has 14 heavy (non-hydrogen) atoms. The number of benzene rings is 1. The Balaban J connectivity index is 2.14. The maximum atomic E-state index is 8.79. The molecule has 1 aliphatic rings. The van der Waals surface area contributed by atoms with Crippen LogP contribution in [0.15, 0.2) is 24.3 Å². The lowest BCUT2D eigenvalue weighted by molar-refractivity contribution is 0.279. The Morgan fingerprint density at radius 3 is 3.07 bits per heavy atom. The third kappa shape index (κ3) is 1.82. The number of hydrogen-bond acceptors (Lipinski definition) is 3. The fraction of sp³-hybridized carbons (Fsp3) is 0.455. The fourth-order valence-corrected chi connectivity index (χ4v) is 1.72. The molecule has 0 aromatic heterocycles. The average molecular weight is 193 g/mol. The zero-order valence-corrected chi connectivity index (χ0v) is 8.15. The zero-order chi connectivity index (χ0) is 9.80. The summed E-state index contributed by atoms with van der Waals surface area (Å²) < 4.78 is 5.53. The highest BCUT2D eigenvalue weighted by Gasteiger charge is 2.16. The predicted molar refractivity (Wildman–Crippen MR) is 55.9 cm³/mol. The Morgan fingerprint density at radius 2 is 2.21 bits per heavy atom. The molecule has 3 heteroatoms. The minimum atomic E-state index is 0.250. The number of hydrogen-bond donors (Lipinski definition) is 1. The van der Waals surface area contributed by atoms with Gasteiger partial charge in [0.05, 0.1) is 12.2 Å². The minimum Gasteiger partial charge on any atom is -0.490 e. The third-order valence-electron chi connectivity index (χ3n) is 2.41. The highest BCUT2D eigenvalue weighted by atomic mass is 16.5. The smallest absolute Gasteiger partial charge is 0.142 e. The van der Waals surface area contributed by atoms with Crippen LogP contribution in [0, 0.1) is 0 Å². The SMILES string of the molecule is OCCCN1CCOc2ccccc21. The second kappa shape index (κ2) is 4.33. The van der Waals surface area contributed by atoms with Gasteiger partial charge >= 0.3 is 0 Å².